The number of nitrogens with two attached hydrogens (primary N) is 1. The van der Waals surface area contributed by atoms with E-state index in [4.69, 9.17) is 5.73 Å². The van der Waals surface area contributed by atoms with E-state index >= 15 is 0 Å². The lowest BCUT2D eigenvalue weighted by Crippen LogP contribution is -2.44. The molecule has 0 saturated heterocycles. The molecule has 0 bridgehead atoms. The van der Waals surface area contributed by atoms with Gasteiger partial charge in [0, 0.05) is 12.0 Å². The summed E-state index contributed by atoms with van der Waals surface area (Å²) >= 11 is 0. The fourth-order valence-electron chi connectivity index (χ4n) is 3.63. The fraction of sp³-hybridized carbons (Fsp3) is 0.368. The third-order valence-electron chi connectivity index (χ3n) is 4.95. The summed E-state index contributed by atoms with van der Waals surface area (Å²) in [6.45, 7) is 0.514. The standard InChI is InChI=1S/C19H23NO/c20-14-19(13-12-16-8-4-5-9-17(16)19)18(21)11-10-15-6-2-1-3-7-15/h1-9,18,21H,10-14,20H2. The predicted octanol–water partition coefficient (Wildman–Crippen LogP) is 2.82. The molecule has 2 unspecified atom stereocenters. The van der Waals surface area contributed by atoms with Gasteiger partial charge in [0.1, 0.15) is 0 Å². The zero-order chi connectivity index (χ0) is 14.7. The minimum absolute atomic E-state index is 0.259. The minimum atomic E-state index is -0.383. The molecular weight excluding hydrogens is 258 g/mol. The summed E-state index contributed by atoms with van der Waals surface area (Å²) in [6.07, 6.45) is 3.25. The second kappa shape index (κ2) is 6.00. The molecule has 1 aliphatic carbocycles. The van der Waals surface area contributed by atoms with Gasteiger partial charge in [-0.05, 0) is 42.4 Å². The highest BCUT2D eigenvalue weighted by molar-refractivity contribution is 5.41. The number of benzene rings is 2. The molecule has 0 aliphatic heterocycles. The largest absolute Gasteiger partial charge is 0.392 e. The van der Waals surface area contributed by atoms with Crippen LogP contribution >= 0.6 is 0 Å². The Morgan fingerprint density at radius 2 is 1.76 bits per heavy atom. The Kier molecular flexibility index (Phi) is 4.09. The van der Waals surface area contributed by atoms with E-state index in [0.29, 0.717) is 6.54 Å². The molecule has 3 N–H and O–H groups in total. The molecular formula is C19H23NO. The number of fused-ring (bicyclic) bond motifs is 1. The van der Waals surface area contributed by atoms with Crippen LogP contribution in [0.2, 0.25) is 0 Å². The van der Waals surface area contributed by atoms with Gasteiger partial charge in [0.05, 0.1) is 6.10 Å². The molecule has 2 atom stereocenters. The van der Waals surface area contributed by atoms with Gasteiger partial charge in [0.2, 0.25) is 0 Å². The van der Waals surface area contributed by atoms with E-state index in [1.807, 2.05) is 18.2 Å². The van der Waals surface area contributed by atoms with Crippen LogP contribution in [-0.4, -0.2) is 17.8 Å². The molecule has 2 heteroatoms. The molecule has 0 radical (unpaired) electrons. The first-order valence-electron chi connectivity index (χ1n) is 7.77. The number of aliphatic hydroxyl groups is 1. The van der Waals surface area contributed by atoms with Crippen molar-refractivity contribution in [2.75, 3.05) is 6.54 Å². The smallest absolute Gasteiger partial charge is 0.0652 e. The molecule has 0 amide bonds. The summed E-state index contributed by atoms with van der Waals surface area (Å²) in [5, 5.41) is 10.8. The van der Waals surface area contributed by atoms with E-state index in [1.165, 1.54) is 16.7 Å². The monoisotopic (exact) mass is 281 g/mol. The Hall–Kier alpha value is -1.64. The van der Waals surface area contributed by atoms with Crippen molar-refractivity contribution >= 4 is 0 Å². The van der Waals surface area contributed by atoms with Crippen molar-refractivity contribution in [2.24, 2.45) is 5.73 Å². The van der Waals surface area contributed by atoms with Gasteiger partial charge in [0.25, 0.3) is 0 Å². The lowest BCUT2D eigenvalue weighted by atomic mass is 9.75. The second-order valence-corrected chi connectivity index (χ2v) is 6.06. The lowest BCUT2D eigenvalue weighted by molar-refractivity contribution is 0.0764. The van der Waals surface area contributed by atoms with Crippen LogP contribution in [0.25, 0.3) is 0 Å². The number of hydrogen-bond donors (Lipinski definition) is 2. The van der Waals surface area contributed by atoms with Gasteiger partial charge in [-0.15, -0.1) is 0 Å². The maximum atomic E-state index is 10.8. The first kappa shape index (κ1) is 14.3. The quantitative estimate of drug-likeness (QED) is 0.885. The average molecular weight is 281 g/mol. The van der Waals surface area contributed by atoms with Crippen molar-refractivity contribution < 1.29 is 5.11 Å². The van der Waals surface area contributed by atoms with Gasteiger partial charge in [-0.2, -0.15) is 0 Å². The maximum absolute atomic E-state index is 10.8. The SMILES string of the molecule is NCC1(C(O)CCc2ccccc2)CCc2ccccc21. The maximum Gasteiger partial charge on any atom is 0.0652 e. The Balaban J connectivity index is 1.78. The molecule has 2 nitrogen and oxygen atoms in total. The van der Waals surface area contributed by atoms with Gasteiger partial charge >= 0.3 is 0 Å². The first-order chi connectivity index (χ1) is 10.3. The van der Waals surface area contributed by atoms with Crippen molar-refractivity contribution in [1.29, 1.82) is 0 Å². The second-order valence-electron chi connectivity index (χ2n) is 6.06. The molecule has 3 rings (SSSR count). The van der Waals surface area contributed by atoms with Gasteiger partial charge < -0.3 is 10.8 Å². The Morgan fingerprint density at radius 1 is 1.05 bits per heavy atom. The molecule has 2 aromatic carbocycles. The van der Waals surface area contributed by atoms with Crippen LogP contribution in [0.4, 0.5) is 0 Å². The van der Waals surface area contributed by atoms with Crippen molar-refractivity contribution in [3.8, 4) is 0 Å². The Labute approximate surface area is 126 Å². The Morgan fingerprint density at radius 3 is 2.52 bits per heavy atom. The molecule has 2 aromatic rings. The summed E-state index contributed by atoms with van der Waals surface area (Å²) in [7, 11) is 0. The third-order valence-corrected chi connectivity index (χ3v) is 4.95. The Bertz CT molecular complexity index is 596. The third kappa shape index (κ3) is 2.61. The van der Waals surface area contributed by atoms with Crippen LogP contribution in [-0.2, 0) is 18.3 Å². The average Bonchev–Trinajstić information content (AvgIpc) is 2.94. The molecule has 110 valence electrons. The number of aryl methyl sites for hydroxylation is 2. The summed E-state index contributed by atoms with van der Waals surface area (Å²) in [5.74, 6) is 0. The van der Waals surface area contributed by atoms with E-state index in [2.05, 4.69) is 36.4 Å². The van der Waals surface area contributed by atoms with Crippen molar-refractivity contribution in [3.63, 3.8) is 0 Å². The van der Waals surface area contributed by atoms with Crippen LogP contribution in [0.1, 0.15) is 29.5 Å². The lowest BCUT2D eigenvalue weighted by Gasteiger charge is -2.34. The summed E-state index contributed by atoms with van der Waals surface area (Å²) in [5.41, 5.74) is 9.71. The molecule has 0 saturated carbocycles. The molecule has 0 spiro atoms. The van der Waals surface area contributed by atoms with Crippen LogP contribution in [0.5, 0.6) is 0 Å². The molecule has 1 aliphatic rings. The van der Waals surface area contributed by atoms with Gasteiger partial charge in [-0.1, -0.05) is 54.6 Å². The fourth-order valence-corrected chi connectivity index (χ4v) is 3.63. The summed E-state index contributed by atoms with van der Waals surface area (Å²) < 4.78 is 0. The zero-order valence-corrected chi connectivity index (χ0v) is 12.3. The van der Waals surface area contributed by atoms with E-state index in [9.17, 15) is 5.11 Å². The van der Waals surface area contributed by atoms with Crippen molar-refractivity contribution in [2.45, 2.75) is 37.2 Å². The minimum Gasteiger partial charge on any atom is -0.392 e. The van der Waals surface area contributed by atoms with E-state index < -0.39 is 0 Å². The topological polar surface area (TPSA) is 46.2 Å². The molecule has 0 heterocycles. The van der Waals surface area contributed by atoms with Crippen LogP contribution < -0.4 is 5.73 Å². The predicted molar refractivity (Wildman–Crippen MR) is 86.3 cm³/mol. The van der Waals surface area contributed by atoms with Crippen LogP contribution in [0.3, 0.4) is 0 Å². The summed E-state index contributed by atoms with van der Waals surface area (Å²) in [6, 6.07) is 18.8. The van der Waals surface area contributed by atoms with E-state index in [-0.39, 0.29) is 11.5 Å². The van der Waals surface area contributed by atoms with Gasteiger partial charge in [-0.3, -0.25) is 0 Å². The van der Waals surface area contributed by atoms with Gasteiger partial charge in [0.15, 0.2) is 0 Å². The molecule has 21 heavy (non-hydrogen) atoms. The normalized spacial score (nSPS) is 22.0. The zero-order valence-electron chi connectivity index (χ0n) is 12.3. The molecule has 0 aromatic heterocycles. The summed E-state index contributed by atoms with van der Waals surface area (Å²) in [4.78, 5) is 0. The van der Waals surface area contributed by atoms with Crippen LogP contribution in [0, 0.1) is 0 Å². The van der Waals surface area contributed by atoms with Crippen molar-refractivity contribution in [3.05, 3.63) is 71.3 Å². The van der Waals surface area contributed by atoms with Crippen LogP contribution in [0.15, 0.2) is 54.6 Å². The van der Waals surface area contributed by atoms with E-state index in [1.54, 1.807) is 0 Å². The highest BCUT2D eigenvalue weighted by atomic mass is 16.3. The highest BCUT2D eigenvalue weighted by Crippen LogP contribution is 2.42. The number of aliphatic hydroxyl groups excluding tert-OH is 1. The van der Waals surface area contributed by atoms with Gasteiger partial charge in [-0.25, -0.2) is 0 Å². The van der Waals surface area contributed by atoms with Crippen molar-refractivity contribution in [1.82, 2.24) is 0 Å². The first-order valence-corrected chi connectivity index (χ1v) is 7.77. The van der Waals surface area contributed by atoms with E-state index in [0.717, 1.165) is 25.7 Å². The number of hydrogen-bond acceptors (Lipinski definition) is 2. The molecule has 0 fully saturated rings. The highest BCUT2D eigenvalue weighted by Gasteiger charge is 2.42. The number of rotatable bonds is 5.